The van der Waals surface area contributed by atoms with E-state index >= 15 is 0 Å². The number of nitrogens with two attached hydrogens (primary N) is 1. The van der Waals surface area contributed by atoms with Crippen molar-refractivity contribution in [3.8, 4) is 0 Å². The fraction of sp³-hybridized carbons (Fsp3) is 0.261. The van der Waals surface area contributed by atoms with Crippen molar-refractivity contribution in [2.45, 2.75) is 35.2 Å². The predicted octanol–water partition coefficient (Wildman–Crippen LogP) is 3.47. The molecule has 2 aromatic heterocycles. The average molecular weight is 531 g/mol. The smallest absolute Gasteiger partial charge is 0.238 e. The lowest BCUT2D eigenvalue weighted by Crippen LogP contribution is -2.20. The summed E-state index contributed by atoms with van der Waals surface area (Å²) in [5, 5.41) is 22.5. The van der Waals surface area contributed by atoms with E-state index in [0.29, 0.717) is 34.7 Å². The molecule has 0 spiro atoms. The van der Waals surface area contributed by atoms with Crippen molar-refractivity contribution in [2.24, 2.45) is 5.14 Å². The lowest BCUT2D eigenvalue weighted by molar-refractivity contribution is 0.281. The number of primary sulfonamides is 1. The Kier molecular flexibility index (Phi) is 8.19. The van der Waals surface area contributed by atoms with Gasteiger partial charge in [-0.2, -0.15) is 4.98 Å². The number of hydrogen-bond acceptors (Lipinski definition) is 10. The zero-order valence-electron chi connectivity index (χ0n) is 19.0. The van der Waals surface area contributed by atoms with Crippen molar-refractivity contribution in [1.29, 1.82) is 0 Å². The molecular weight excluding hydrogens is 504 g/mol. The largest absolute Gasteiger partial charge is 0.394 e. The first-order chi connectivity index (χ1) is 16.8. The number of aromatic nitrogens is 3. The molecule has 0 bridgehead atoms. The Bertz CT molecular complexity index is 1380. The molecule has 0 saturated carbocycles. The molecule has 4 rings (SSSR count). The highest BCUT2D eigenvalue weighted by Gasteiger charge is 2.16. The van der Waals surface area contributed by atoms with Gasteiger partial charge in [-0.15, -0.1) is 0 Å². The number of aliphatic hydroxyl groups is 1. The maximum Gasteiger partial charge on any atom is 0.238 e. The topological polar surface area (TPSA) is 143 Å². The van der Waals surface area contributed by atoms with Crippen LogP contribution in [0.4, 0.5) is 10.9 Å². The molecule has 9 nitrogen and oxygen atoms in total. The molecule has 1 unspecified atom stereocenters. The number of fused-ring (bicyclic) bond motifs is 1. The van der Waals surface area contributed by atoms with E-state index in [1.165, 1.54) is 40.8 Å². The molecule has 2 heterocycles. The summed E-state index contributed by atoms with van der Waals surface area (Å²) in [5.74, 6) is 1.39. The number of nitrogens with one attached hydrogen (secondary N) is 2. The predicted molar refractivity (Wildman–Crippen MR) is 141 cm³/mol. The van der Waals surface area contributed by atoms with Gasteiger partial charge in [0.25, 0.3) is 0 Å². The van der Waals surface area contributed by atoms with Crippen LogP contribution >= 0.6 is 23.1 Å². The summed E-state index contributed by atoms with van der Waals surface area (Å²) >= 11 is 2.98. The number of rotatable bonds is 11. The van der Waals surface area contributed by atoms with Gasteiger partial charge in [0.15, 0.2) is 21.8 Å². The van der Waals surface area contributed by atoms with Crippen molar-refractivity contribution < 1.29 is 13.5 Å². The Morgan fingerprint density at radius 2 is 1.80 bits per heavy atom. The fourth-order valence-corrected chi connectivity index (χ4v) is 5.40. The summed E-state index contributed by atoms with van der Waals surface area (Å²) in [7, 11) is -3.70. The number of thioether (sulfide) groups is 1. The van der Waals surface area contributed by atoms with Crippen molar-refractivity contribution in [3.05, 3.63) is 65.7 Å². The van der Waals surface area contributed by atoms with Crippen LogP contribution < -0.4 is 15.8 Å². The first kappa shape index (κ1) is 25.3. The molecule has 5 N–H and O–H groups in total. The standard InChI is InChI=1S/C23H26N6O3S3/c1-15(13-30)26-20-19-21(29-23(28-20)33-14-17-5-3-2-4-6-17)27-22(34-19)25-12-11-16-7-9-18(10-8-16)35(24,31)32/h2-10,15,30H,11-14H2,1H3,(H2,24,31,32)(H2,25,26,27,28,29). The van der Waals surface area contributed by atoms with Crippen LogP contribution in [0.15, 0.2) is 64.6 Å². The molecule has 4 aromatic rings. The number of thiazole rings is 1. The first-order valence-electron chi connectivity index (χ1n) is 10.9. The van der Waals surface area contributed by atoms with Crippen molar-refractivity contribution >= 4 is 54.4 Å². The highest BCUT2D eigenvalue weighted by molar-refractivity contribution is 7.98. The number of anilines is 2. The number of hydrogen-bond donors (Lipinski definition) is 4. The summed E-state index contributed by atoms with van der Waals surface area (Å²) in [5.41, 5.74) is 2.75. The van der Waals surface area contributed by atoms with Crippen molar-refractivity contribution in [3.63, 3.8) is 0 Å². The summed E-state index contributed by atoms with van der Waals surface area (Å²) in [6.07, 6.45) is 0.678. The normalized spacial score (nSPS) is 12.5. The quantitative estimate of drug-likeness (QED) is 0.169. The highest BCUT2D eigenvalue weighted by atomic mass is 32.2. The van der Waals surface area contributed by atoms with Crippen LogP contribution in [0, 0.1) is 0 Å². The Hall–Kier alpha value is -2.77. The third-order valence-corrected chi connectivity index (χ3v) is 7.90. The van der Waals surface area contributed by atoms with Gasteiger partial charge in [0.2, 0.25) is 10.0 Å². The van der Waals surface area contributed by atoms with Gasteiger partial charge in [0.05, 0.1) is 11.5 Å². The maximum absolute atomic E-state index is 11.4. The first-order valence-corrected chi connectivity index (χ1v) is 14.2. The molecule has 2 aromatic carbocycles. The van der Waals surface area contributed by atoms with Crippen LogP contribution in [0.2, 0.25) is 0 Å². The van der Waals surface area contributed by atoms with E-state index in [1.54, 1.807) is 12.1 Å². The summed E-state index contributed by atoms with van der Waals surface area (Å²) in [6.45, 7) is 2.46. The minimum absolute atomic E-state index is 0.0217. The van der Waals surface area contributed by atoms with E-state index in [0.717, 1.165) is 16.0 Å². The van der Waals surface area contributed by atoms with Gasteiger partial charge in [-0.3, -0.25) is 0 Å². The fourth-order valence-electron chi connectivity index (χ4n) is 3.20. The lowest BCUT2D eigenvalue weighted by Gasteiger charge is -2.12. The maximum atomic E-state index is 11.4. The third kappa shape index (κ3) is 6.89. The van der Waals surface area contributed by atoms with Crippen molar-refractivity contribution in [2.75, 3.05) is 23.8 Å². The zero-order chi connectivity index (χ0) is 24.8. The molecule has 184 valence electrons. The van der Waals surface area contributed by atoms with E-state index < -0.39 is 10.0 Å². The number of nitrogens with zero attached hydrogens (tertiary/aromatic N) is 3. The third-order valence-electron chi connectivity index (χ3n) is 5.04. The molecule has 0 fully saturated rings. The van der Waals surface area contributed by atoms with Crippen LogP contribution in [0.5, 0.6) is 0 Å². The van der Waals surface area contributed by atoms with E-state index in [-0.39, 0.29) is 17.5 Å². The van der Waals surface area contributed by atoms with Gasteiger partial charge in [-0.1, -0.05) is 65.6 Å². The minimum atomic E-state index is -3.70. The molecule has 0 aliphatic heterocycles. The van der Waals surface area contributed by atoms with E-state index in [2.05, 4.69) is 37.7 Å². The Labute approximate surface area is 212 Å². The van der Waals surface area contributed by atoms with Gasteiger partial charge in [0.1, 0.15) is 4.70 Å². The second kappa shape index (κ2) is 11.3. The number of sulfonamides is 1. The molecule has 1 atom stereocenters. The van der Waals surface area contributed by atoms with Crippen LogP contribution in [0.1, 0.15) is 18.1 Å². The minimum Gasteiger partial charge on any atom is -0.394 e. The lowest BCUT2D eigenvalue weighted by atomic mass is 10.1. The SMILES string of the molecule is CC(CO)Nc1nc(SCc2ccccc2)nc2nc(NCCc3ccc(S(N)(=O)=O)cc3)sc12. The average Bonchev–Trinajstić information content (AvgIpc) is 3.26. The molecule has 0 saturated heterocycles. The molecule has 0 aliphatic rings. The molecule has 0 aliphatic carbocycles. The van der Waals surface area contributed by atoms with E-state index in [4.69, 9.17) is 5.14 Å². The van der Waals surface area contributed by atoms with Gasteiger partial charge < -0.3 is 15.7 Å². The molecule has 12 heteroatoms. The van der Waals surface area contributed by atoms with E-state index in [1.807, 2.05) is 25.1 Å². The Morgan fingerprint density at radius 1 is 1.06 bits per heavy atom. The molecular formula is C23H26N6O3S3. The Morgan fingerprint density at radius 3 is 2.49 bits per heavy atom. The monoisotopic (exact) mass is 530 g/mol. The van der Waals surface area contributed by atoms with Crippen LogP contribution in [0.25, 0.3) is 10.3 Å². The second-order valence-electron chi connectivity index (χ2n) is 7.89. The summed E-state index contributed by atoms with van der Waals surface area (Å²) in [6, 6.07) is 16.5. The number of aliphatic hydroxyl groups excluding tert-OH is 1. The van der Waals surface area contributed by atoms with Gasteiger partial charge in [0, 0.05) is 18.3 Å². The van der Waals surface area contributed by atoms with Gasteiger partial charge in [-0.05, 0) is 36.6 Å². The number of benzene rings is 2. The Balaban J connectivity index is 1.48. The van der Waals surface area contributed by atoms with Gasteiger partial charge >= 0.3 is 0 Å². The summed E-state index contributed by atoms with van der Waals surface area (Å²) in [4.78, 5) is 14.1. The van der Waals surface area contributed by atoms with Crippen molar-refractivity contribution in [1.82, 2.24) is 15.0 Å². The summed E-state index contributed by atoms with van der Waals surface area (Å²) < 4.78 is 23.6. The van der Waals surface area contributed by atoms with E-state index in [9.17, 15) is 13.5 Å². The van der Waals surface area contributed by atoms with Crippen LogP contribution in [-0.2, 0) is 22.2 Å². The van der Waals surface area contributed by atoms with Crippen LogP contribution in [0.3, 0.4) is 0 Å². The second-order valence-corrected chi connectivity index (χ2v) is 11.4. The van der Waals surface area contributed by atoms with Gasteiger partial charge in [-0.25, -0.2) is 23.5 Å². The molecule has 0 amide bonds. The molecule has 35 heavy (non-hydrogen) atoms. The van der Waals surface area contributed by atoms with Crippen LogP contribution in [-0.4, -0.2) is 47.7 Å². The molecule has 0 radical (unpaired) electrons. The highest BCUT2D eigenvalue weighted by Crippen LogP contribution is 2.33. The zero-order valence-corrected chi connectivity index (χ0v) is 21.5.